The second-order valence-electron chi connectivity index (χ2n) is 3.61. The molecule has 0 saturated carbocycles. The van der Waals surface area contributed by atoms with Gasteiger partial charge in [-0.2, -0.15) is 20.1 Å². The van der Waals surface area contributed by atoms with Crippen LogP contribution in [0.1, 0.15) is 5.76 Å². The topological polar surface area (TPSA) is 81.7 Å². The minimum Gasteiger partial charge on any atom is -0.467 e. The van der Waals surface area contributed by atoms with Crippen molar-refractivity contribution in [2.24, 2.45) is 0 Å². The number of hydrogen-bond acceptors (Lipinski definition) is 6. The van der Waals surface area contributed by atoms with Gasteiger partial charge >= 0.3 is 0 Å². The minimum absolute atomic E-state index is 0.0995. The third-order valence-electron chi connectivity index (χ3n) is 2.31. The second-order valence-corrected chi connectivity index (χ2v) is 3.95. The summed E-state index contributed by atoms with van der Waals surface area (Å²) in [5.41, 5.74) is 0. The van der Waals surface area contributed by atoms with Gasteiger partial charge in [0.1, 0.15) is 5.76 Å². The number of nitrogens with one attached hydrogen (secondary N) is 1. The van der Waals surface area contributed by atoms with Crippen LogP contribution in [0, 0.1) is 0 Å². The average Bonchev–Trinajstić information content (AvgIpc) is 3.09. The van der Waals surface area contributed by atoms with E-state index in [0.717, 1.165) is 5.76 Å². The van der Waals surface area contributed by atoms with Crippen LogP contribution in [0.25, 0.3) is 5.95 Å². The summed E-state index contributed by atoms with van der Waals surface area (Å²) in [4.78, 5) is 12.2. The quantitative estimate of drug-likeness (QED) is 0.784. The van der Waals surface area contributed by atoms with Gasteiger partial charge in [-0.1, -0.05) is 0 Å². The average molecular weight is 277 g/mol. The maximum absolute atomic E-state index is 5.86. The number of aromatic nitrogens is 5. The summed E-state index contributed by atoms with van der Waals surface area (Å²) < 4.78 is 6.71. The lowest BCUT2D eigenvalue weighted by atomic mass is 10.4. The summed E-state index contributed by atoms with van der Waals surface area (Å²) in [6.45, 7) is 0.464. The van der Waals surface area contributed by atoms with Crippen molar-refractivity contribution >= 4 is 17.5 Å². The molecule has 0 aliphatic rings. The van der Waals surface area contributed by atoms with Gasteiger partial charge in [0.05, 0.1) is 12.8 Å². The summed E-state index contributed by atoms with van der Waals surface area (Å²) in [5, 5.41) is 7.15. The van der Waals surface area contributed by atoms with Crippen molar-refractivity contribution in [3.63, 3.8) is 0 Å². The number of nitrogens with zero attached hydrogens (tertiary/aromatic N) is 5. The van der Waals surface area contributed by atoms with Crippen LogP contribution in [-0.2, 0) is 6.54 Å². The maximum atomic E-state index is 5.86. The van der Waals surface area contributed by atoms with Gasteiger partial charge in [0.25, 0.3) is 5.95 Å². The summed E-state index contributed by atoms with van der Waals surface area (Å²) in [6.07, 6.45) is 4.96. The third-order valence-corrected chi connectivity index (χ3v) is 2.48. The van der Waals surface area contributed by atoms with Gasteiger partial charge in [0.2, 0.25) is 11.2 Å². The van der Waals surface area contributed by atoms with E-state index in [1.807, 2.05) is 12.1 Å². The number of hydrogen-bond donors (Lipinski definition) is 1. The number of furan rings is 1. The molecule has 0 aliphatic heterocycles. The molecule has 1 N–H and O–H groups in total. The standard InChI is InChI=1S/C11H9ClN6O/c12-9-15-10(13-7-8-3-1-6-19-8)17-11(16-9)18-5-2-4-14-18/h1-6H,7H2,(H,13,15,16,17). The molecule has 0 atom stereocenters. The Hall–Kier alpha value is -2.41. The van der Waals surface area contributed by atoms with Crippen LogP contribution < -0.4 is 5.32 Å². The van der Waals surface area contributed by atoms with Crippen molar-refractivity contribution in [2.75, 3.05) is 5.32 Å². The fraction of sp³-hybridized carbons (Fsp3) is 0.0909. The monoisotopic (exact) mass is 276 g/mol. The van der Waals surface area contributed by atoms with E-state index in [0.29, 0.717) is 18.4 Å². The highest BCUT2D eigenvalue weighted by atomic mass is 35.5. The van der Waals surface area contributed by atoms with Crippen LogP contribution in [0.5, 0.6) is 0 Å². The van der Waals surface area contributed by atoms with Crippen molar-refractivity contribution in [3.8, 4) is 5.95 Å². The Kier molecular flexibility index (Phi) is 3.11. The van der Waals surface area contributed by atoms with Crippen molar-refractivity contribution in [1.82, 2.24) is 24.7 Å². The van der Waals surface area contributed by atoms with Crippen molar-refractivity contribution < 1.29 is 4.42 Å². The zero-order valence-corrected chi connectivity index (χ0v) is 10.4. The predicted molar refractivity (Wildman–Crippen MR) is 68.0 cm³/mol. The largest absolute Gasteiger partial charge is 0.467 e. The van der Waals surface area contributed by atoms with Crippen LogP contribution in [-0.4, -0.2) is 24.7 Å². The van der Waals surface area contributed by atoms with Gasteiger partial charge < -0.3 is 9.73 Å². The van der Waals surface area contributed by atoms with Crippen molar-refractivity contribution in [2.45, 2.75) is 6.54 Å². The summed E-state index contributed by atoms with van der Waals surface area (Å²) in [7, 11) is 0. The van der Waals surface area contributed by atoms with Gasteiger partial charge in [-0.15, -0.1) is 0 Å². The van der Waals surface area contributed by atoms with Gasteiger partial charge in [0.15, 0.2) is 0 Å². The van der Waals surface area contributed by atoms with Crippen LogP contribution in [0.15, 0.2) is 41.3 Å². The highest BCUT2D eigenvalue weighted by Crippen LogP contribution is 2.10. The van der Waals surface area contributed by atoms with E-state index in [1.165, 1.54) is 4.68 Å². The molecule has 0 amide bonds. The molecule has 96 valence electrons. The minimum atomic E-state index is 0.0995. The molecule has 0 saturated heterocycles. The number of halogens is 1. The zero-order chi connectivity index (χ0) is 13.1. The molecular weight excluding hydrogens is 268 g/mol. The van der Waals surface area contributed by atoms with Gasteiger partial charge in [-0.05, 0) is 29.8 Å². The van der Waals surface area contributed by atoms with Crippen LogP contribution in [0.3, 0.4) is 0 Å². The first-order valence-corrected chi connectivity index (χ1v) is 5.87. The van der Waals surface area contributed by atoms with E-state index in [9.17, 15) is 0 Å². The maximum Gasteiger partial charge on any atom is 0.256 e. The lowest BCUT2D eigenvalue weighted by molar-refractivity contribution is 0.517. The first kappa shape index (κ1) is 11.7. The second kappa shape index (κ2) is 5.07. The Labute approximate surface area is 113 Å². The molecule has 0 aliphatic carbocycles. The van der Waals surface area contributed by atoms with Crippen molar-refractivity contribution in [3.05, 3.63) is 47.9 Å². The predicted octanol–water partition coefficient (Wildman–Crippen LogP) is 1.92. The molecule has 8 heteroatoms. The molecule has 7 nitrogen and oxygen atoms in total. The first-order chi connectivity index (χ1) is 9.31. The molecule has 19 heavy (non-hydrogen) atoms. The van der Waals surface area contributed by atoms with Crippen LogP contribution in [0.2, 0.25) is 5.28 Å². The highest BCUT2D eigenvalue weighted by molar-refractivity contribution is 6.28. The normalized spacial score (nSPS) is 10.6. The lowest BCUT2D eigenvalue weighted by Crippen LogP contribution is -2.09. The van der Waals surface area contributed by atoms with Gasteiger partial charge in [-0.25, -0.2) is 4.68 Å². The van der Waals surface area contributed by atoms with E-state index >= 15 is 0 Å². The highest BCUT2D eigenvalue weighted by Gasteiger charge is 2.07. The zero-order valence-electron chi connectivity index (χ0n) is 9.69. The summed E-state index contributed by atoms with van der Waals surface area (Å²) in [6, 6.07) is 5.43. The fourth-order valence-electron chi connectivity index (χ4n) is 1.49. The van der Waals surface area contributed by atoms with Gasteiger partial charge in [-0.3, -0.25) is 0 Å². The van der Waals surface area contributed by atoms with Gasteiger partial charge in [0, 0.05) is 12.4 Å². The molecule has 0 unspecified atom stereocenters. The van der Waals surface area contributed by atoms with Crippen molar-refractivity contribution in [1.29, 1.82) is 0 Å². The lowest BCUT2D eigenvalue weighted by Gasteiger charge is -2.05. The Balaban J connectivity index is 1.82. The van der Waals surface area contributed by atoms with Crippen LogP contribution >= 0.6 is 11.6 Å². The number of anilines is 1. The Morgan fingerprint density at radius 2 is 2.21 bits per heavy atom. The third kappa shape index (κ3) is 2.71. The molecule has 0 spiro atoms. The SMILES string of the molecule is Clc1nc(NCc2ccco2)nc(-n2cccn2)n1. The van der Waals surface area contributed by atoms with E-state index in [2.05, 4.69) is 25.4 Å². The molecular formula is C11H9ClN6O. The molecule has 0 fully saturated rings. The van der Waals surface area contributed by atoms with E-state index in [-0.39, 0.29) is 5.28 Å². The Bertz CT molecular complexity index is 652. The van der Waals surface area contributed by atoms with E-state index in [4.69, 9.17) is 16.0 Å². The molecule has 3 rings (SSSR count). The summed E-state index contributed by atoms with van der Waals surface area (Å²) >= 11 is 5.86. The molecule has 3 aromatic heterocycles. The molecule has 3 aromatic rings. The Morgan fingerprint density at radius 1 is 1.26 bits per heavy atom. The molecule has 0 radical (unpaired) electrons. The molecule has 0 bridgehead atoms. The Morgan fingerprint density at radius 3 is 2.95 bits per heavy atom. The molecule has 0 aromatic carbocycles. The van der Waals surface area contributed by atoms with Crippen LogP contribution in [0.4, 0.5) is 5.95 Å². The number of rotatable bonds is 4. The molecule has 3 heterocycles. The van der Waals surface area contributed by atoms with E-state index in [1.54, 1.807) is 24.7 Å². The smallest absolute Gasteiger partial charge is 0.256 e. The summed E-state index contributed by atoms with van der Waals surface area (Å²) in [5.74, 6) is 1.49. The van der Waals surface area contributed by atoms with E-state index < -0.39 is 0 Å². The first-order valence-electron chi connectivity index (χ1n) is 5.49. The fourth-order valence-corrected chi connectivity index (χ4v) is 1.64.